The van der Waals surface area contributed by atoms with Crippen LogP contribution in [-0.4, -0.2) is 22.9 Å². The first kappa shape index (κ1) is 14.5. The average molecular weight is 294 g/mol. The van der Waals surface area contributed by atoms with E-state index in [9.17, 15) is 10.1 Å². The maximum atomic E-state index is 11.1. The van der Waals surface area contributed by atoms with Gasteiger partial charge in [0.25, 0.3) is 0 Å². The van der Waals surface area contributed by atoms with Crippen LogP contribution in [0.3, 0.4) is 0 Å². The third-order valence-electron chi connectivity index (χ3n) is 4.09. The topological polar surface area (TPSA) is 46.4 Å². The van der Waals surface area contributed by atoms with Crippen LogP contribution in [0.4, 0.5) is 0 Å². The fourth-order valence-electron chi connectivity index (χ4n) is 3.09. The van der Waals surface area contributed by atoms with Crippen molar-refractivity contribution in [2.45, 2.75) is 12.6 Å². The van der Waals surface area contributed by atoms with E-state index in [1.54, 1.807) is 0 Å². The summed E-state index contributed by atoms with van der Waals surface area (Å²) in [5.74, 6) is 0. The van der Waals surface area contributed by atoms with Gasteiger partial charge >= 0.3 is 0 Å². The quantitative estimate of drug-likeness (QED) is 0.640. The van der Waals surface area contributed by atoms with Gasteiger partial charge in [-0.25, -0.2) is 0 Å². The van der Waals surface area contributed by atoms with E-state index < -0.39 is 0 Å². The number of hydrogen-bond donors (Lipinski definition) is 0. The number of nitrogens with zero attached hydrogens (tertiary/aromatic N) is 2. The van der Waals surface area contributed by atoms with Gasteiger partial charge in [-0.3, -0.25) is 15.0 Å². The molecule has 0 aromatic heterocycles. The van der Waals surface area contributed by atoms with Crippen LogP contribution in [0, 0.1) is 10.1 Å². The van der Waals surface area contributed by atoms with Gasteiger partial charge in [0, 0.05) is 18.0 Å². The first-order valence-corrected chi connectivity index (χ1v) is 7.32. The zero-order chi connectivity index (χ0) is 15.5. The average Bonchev–Trinajstić information content (AvgIpc) is 2.52. The van der Waals surface area contributed by atoms with E-state index >= 15 is 0 Å². The fourth-order valence-corrected chi connectivity index (χ4v) is 3.09. The van der Waals surface area contributed by atoms with Gasteiger partial charge in [0.15, 0.2) is 0 Å². The van der Waals surface area contributed by atoms with Crippen molar-refractivity contribution in [3.8, 4) is 0 Å². The molecule has 0 N–H and O–H groups in total. The van der Waals surface area contributed by atoms with Crippen LogP contribution >= 0.6 is 0 Å². The maximum Gasteiger partial charge on any atom is 0.223 e. The second-order valence-electron chi connectivity index (χ2n) is 5.61. The molecule has 0 aliphatic carbocycles. The van der Waals surface area contributed by atoms with E-state index in [4.69, 9.17) is 0 Å². The molecule has 1 heterocycles. The molecular weight excluding hydrogens is 276 g/mol. The molecule has 1 aliphatic heterocycles. The molecule has 0 radical (unpaired) electrons. The summed E-state index contributed by atoms with van der Waals surface area (Å²) in [4.78, 5) is 13.0. The Labute approximate surface area is 129 Å². The number of rotatable bonds is 4. The second-order valence-corrected chi connectivity index (χ2v) is 5.61. The van der Waals surface area contributed by atoms with Gasteiger partial charge in [0.05, 0.1) is 0 Å². The van der Waals surface area contributed by atoms with Crippen molar-refractivity contribution >= 4 is 5.57 Å². The van der Waals surface area contributed by atoms with Crippen molar-refractivity contribution in [3.05, 3.63) is 88.0 Å². The molecule has 1 aliphatic rings. The van der Waals surface area contributed by atoms with Crippen molar-refractivity contribution in [2.24, 2.45) is 0 Å². The molecule has 0 spiro atoms. The van der Waals surface area contributed by atoms with Gasteiger partial charge in [-0.1, -0.05) is 61.2 Å². The number of benzene rings is 2. The summed E-state index contributed by atoms with van der Waals surface area (Å²) in [5.41, 5.74) is 4.24. The summed E-state index contributed by atoms with van der Waals surface area (Å²) in [5, 5.41) is 11.1. The highest BCUT2D eigenvalue weighted by Gasteiger charge is 2.32. The Morgan fingerprint density at radius 3 is 2.55 bits per heavy atom. The highest BCUT2D eigenvalue weighted by molar-refractivity contribution is 5.70. The third kappa shape index (κ3) is 2.92. The molecule has 1 atom stereocenters. The molecule has 1 unspecified atom stereocenters. The van der Waals surface area contributed by atoms with Crippen molar-refractivity contribution < 1.29 is 4.92 Å². The molecule has 0 bridgehead atoms. The van der Waals surface area contributed by atoms with Crippen LogP contribution in [0.15, 0.2) is 61.2 Å². The SMILES string of the molecule is C=C1CN(Cc2ccccc2)C(C[N+](=O)[O-])c2ccccc21. The number of hydrogen-bond acceptors (Lipinski definition) is 3. The Kier molecular flexibility index (Phi) is 4.02. The second kappa shape index (κ2) is 6.12. The van der Waals surface area contributed by atoms with Crippen LogP contribution in [0.25, 0.3) is 5.57 Å². The zero-order valence-electron chi connectivity index (χ0n) is 12.3. The lowest BCUT2D eigenvalue weighted by Gasteiger charge is -2.36. The minimum Gasteiger partial charge on any atom is -0.282 e. The lowest BCUT2D eigenvalue weighted by molar-refractivity contribution is -0.488. The smallest absolute Gasteiger partial charge is 0.223 e. The monoisotopic (exact) mass is 294 g/mol. The van der Waals surface area contributed by atoms with Crippen LogP contribution in [0.2, 0.25) is 0 Å². The van der Waals surface area contributed by atoms with Crippen LogP contribution in [0.5, 0.6) is 0 Å². The first-order valence-electron chi connectivity index (χ1n) is 7.32. The summed E-state index contributed by atoms with van der Waals surface area (Å²) < 4.78 is 0. The van der Waals surface area contributed by atoms with E-state index in [-0.39, 0.29) is 17.5 Å². The van der Waals surface area contributed by atoms with Gasteiger partial charge in [0.1, 0.15) is 6.04 Å². The lowest BCUT2D eigenvalue weighted by Crippen LogP contribution is -2.37. The molecule has 0 saturated heterocycles. The van der Waals surface area contributed by atoms with Gasteiger partial charge in [-0.15, -0.1) is 0 Å². The molecule has 22 heavy (non-hydrogen) atoms. The van der Waals surface area contributed by atoms with E-state index in [0.29, 0.717) is 13.1 Å². The Bertz CT molecular complexity index is 697. The molecule has 4 heteroatoms. The predicted molar refractivity (Wildman–Crippen MR) is 86.9 cm³/mol. The van der Waals surface area contributed by atoms with Crippen LogP contribution < -0.4 is 0 Å². The molecular formula is C18H18N2O2. The Morgan fingerprint density at radius 1 is 1.14 bits per heavy atom. The third-order valence-corrected chi connectivity index (χ3v) is 4.09. The van der Waals surface area contributed by atoms with Gasteiger partial charge in [-0.05, 0) is 22.3 Å². The zero-order valence-corrected chi connectivity index (χ0v) is 12.3. The van der Waals surface area contributed by atoms with Crippen LogP contribution in [0.1, 0.15) is 22.7 Å². The van der Waals surface area contributed by atoms with E-state index in [0.717, 1.165) is 22.3 Å². The molecule has 0 fully saturated rings. The molecule has 112 valence electrons. The van der Waals surface area contributed by atoms with Gasteiger partial charge in [0.2, 0.25) is 6.54 Å². The number of nitro groups is 1. The van der Waals surface area contributed by atoms with E-state index in [1.807, 2.05) is 54.6 Å². The van der Waals surface area contributed by atoms with E-state index in [1.165, 1.54) is 0 Å². The maximum absolute atomic E-state index is 11.1. The fraction of sp³-hybridized carbons (Fsp3) is 0.222. The first-order chi connectivity index (χ1) is 10.6. The number of fused-ring (bicyclic) bond motifs is 1. The highest BCUT2D eigenvalue weighted by atomic mass is 16.6. The molecule has 2 aromatic carbocycles. The molecule has 4 nitrogen and oxygen atoms in total. The predicted octanol–water partition coefficient (Wildman–Crippen LogP) is 3.53. The summed E-state index contributed by atoms with van der Waals surface area (Å²) in [7, 11) is 0. The molecule has 0 saturated carbocycles. The lowest BCUT2D eigenvalue weighted by atomic mass is 9.89. The summed E-state index contributed by atoms with van der Waals surface area (Å²) in [6.07, 6.45) is 0. The Morgan fingerprint density at radius 2 is 1.82 bits per heavy atom. The molecule has 2 aromatic rings. The summed E-state index contributed by atoms with van der Waals surface area (Å²) in [6, 6.07) is 17.7. The van der Waals surface area contributed by atoms with Crippen molar-refractivity contribution in [3.63, 3.8) is 0 Å². The Balaban J connectivity index is 1.95. The van der Waals surface area contributed by atoms with Gasteiger partial charge < -0.3 is 0 Å². The highest BCUT2D eigenvalue weighted by Crippen LogP contribution is 2.35. The van der Waals surface area contributed by atoms with Crippen molar-refractivity contribution in [2.75, 3.05) is 13.1 Å². The standard InChI is InChI=1S/C18H18N2O2/c1-14-11-19(12-15-7-3-2-4-8-15)18(13-20(21)22)17-10-6-5-9-16(14)17/h2-10,18H,1,11-13H2. The van der Waals surface area contributed by atoms with Crippen molar-refractivity contribution in [1.29, 1.82) is 0 Å². The van der Waals surface area contributed by atoms with Crippen molar-refractivity contribution in [1.82, 2.24) is 4.90 Å². The van der Waals surface area contributed by atoms with Gasteiger partial charge in [-0.2, -0.15) is 0 Å². The minimum atomic E-state index is -0.229. The minimum absolute atomic E-state index is 0.0862. The molecule has 3 rings (SSSR count). The summed E-state index contributed by atoms with van der Waals surface area (Å²) >= 11 is 0. The Hall–Kier alpha value is -2.46. The largest absolute Gasteiger partial charge is 0.282 e. The summed E-state index contributed by atoms with van der Waals surface area (Å²) in [6.45, 7) is 5.41. The molecule has 0 amide bonds. The van der Waals surface area contributed by atoms with E-state index in [2.05, 4.69) is 11.5 Å². The normalized spacial score (nSPS) is 18.0. The van der Waals surface area contributed by atoms with Crippen LogP contribution in [-0.2, 0) is 6.54 Å².